The summed E-state index contributed by atoms with van der Waals surface area (Å²) >= 11 is 0. The van der Waals surface area contributed by atoms with Gasteiger partial charge in [-0.05, 0) is 29.8 Å². The normalized spacial score (nSPS) is 12.4. The highest BCUT2D eigenvalue weighted by molar-refractivity contribution is 7.89. The van der Waals surface area contributed by atoms with Crippen molar-refractivity contribution < 1.29 is 16.8 Å². The van der Waals surface area contributed by atoms with Crippen molar-refractivity contribution in [3.05, 3.63) is 60.2 Å². The first-order valence-corrected chi connectivity index (χ1v) is 9.05. The van der Waals surface area contributed by atoms with E-state index in [9.17, 15) is 16.8 Å². The summed E-state index contributed by atoms with van der Waals surface area (Å²) in [5, 5.41) is 8.61. The molecule has 0 fully saturated rings. The minimum absolute atomic E-state index is 0.0329. The van der Waals surface area contributed by atoms with Crippen molar-refractivity contribution >= 4 is 26.3 Å². The van der Waals surface area contributed by atoms with Gasteiger partial charge in [0.25, 0.3) is 10.0 Å². The lowest BCUT2D eigenvalue weighted by Crippen LogP contribution is -2.18. The van der Waals surface area contributed by atoms with E-state index in [2.05, 4.69) is 9.93 Å². The number of nitrogens with two attached hydrogens (primary N) is 1. The largest absolute Gasteiger partial charge is 0.276 e. The summed E-state index contributed by atoms with van der Waals surface area (Å²) in [4.78, 5) is 2.13. The first kappa shape index (κ1) is 16.1. The summed E-state index contributed by atoms with van der Waals surface area (Å²) in [5.41, 5.74) is 0.517. The highest BCUT2D eigenvalue weighted by atomic mass is 32.2. The SMILES string of the molecule is NS(=O)(=O)c1ccc(C=NNS(=O)(=O)c2ccccc2)cc1. The summed E-state index contributed by atoms with van der Waals surface area (Å²) < 4.78 is 46.0. The van der Waals surface area contributed by atoms with Crippen molar-refractivity contribution in [2.45, 2.75) is 9.79 Å². The van der Waals surface area contributed by atoms with Gasteiger partial charge in [0.2, 0.25) is 10.0 Å². The van der Waals surface area contributed by atoms with E-state index >= 15 is 0 Å². The Morgan fingerprint density at radius 1 is 0.864 bits per heavy atom. The first-order chi connectivity index (χ1) is 10.3. The van der Waals surface area contributed by atoms with Gasteiger partial charge in [-0.15, -0.1) is 0 Å². The van der Waals surface area contributed by atoms with E-state index in [1.165, 1.54) is 42.6 Å². The average Bonchev–Trinajstić information content (AvgIpc) is 2.48. The molecule has 0 radical (unpaired) electrons. The second kappa shape index (κ2) is 6.26. The van der Waals surface area contributed by atoms with Crippen LogP contribution in [0.25, 0.3) is 0 Å². The van der Waals surface area contributed by atoms with Crippen LogP contribution in [0, 0.1) is 0 Å². The van der Waals surface area contributed by atoms with Crippen LogP contribution in [-0.2, 0) is 20.0 Å². The monoisotopic (exact) mass is 339 g/mol. The van der Waals surface area contributed by atoms with Gasteiger partial charge in [-0.2, -0.15) is 13.5 Å². The fourth-order valence-electron chi connectivity index (χ4n) is 1.57. The van der Waals surface area contributed by atoms with Crippen molar-refractivity contribution in [1.82, 2.24) is 4.83 Å². The van der Waals surface area contributed by atoms with E-state index in [0.717, 1.165) is 0 Å². The molecular formula is C13H13N3O4S2. The van der Waals surface area contributed by atoms with E-state index in [0.29, 0.717) is 5.56 Å². The molecule has 0 heterocycles. The number of rotatable bonds is 5. The highest BCUT2D eigenvalue weighted by Crippen LogP contribution is 2.08. The van der Waals surface area contributed by atoms with Crippen molar-refractivity contribution in [2.24, 2.45) is 10.2 Å². The van der Waals surface area contributed by atoms with E-state index in [-0.39, 0.29) is 9.79 Å². The molecule has 2 rings (SSSR count). The van der Waals surface area contributed by atoms with Crippen LogP contribution in [-0.4, -0.2) is 23.1 Å². The van der Waals surface area contributed by atoms with Crippen LogP contribution < -0.4 is 9.97 Å². The van der Waals surface area contributed by atoms with Gasteiger partial charge in [-0.25, -0.2) is 18.4 Å². The number of hydrazone groups is 1. The molecule has 0 aliphatic rings. The molecule has 3 N–H and O–H groups in total. The lowest BCUT2D eigenvalue weighted by molar-refractivity contribution is 0.584. The van der Waals surface area contributed by atoms with Crippen LogP contribution >= 0.6 is 0 Å². The lowest BCUT2D eigenvalue weighted by Gasteiger charge is -2.02. The van der Waals surface area contributed by atoms with Gasteiger partial charge < -0.3 is 0 Å². The number of nitrogens with zero attached hydrogens (tertiary/aromatic N) is 1. The topological polar surface area (TPSA) is 119 Å². The zero-order valence-corrected chi connectivity index (χ0v) is 12.9. The maximum absolute atomic E-state index is 11.9. The number of benzene rings is 2. The summed E-state index contributed by atoms with van der Waals surface area (Å²) in [6.45, 7) is 0. The summed E-state index contributed by atoms with van der Waals surface area (Å²) in [5.74, 6) is 0. The third-order valence-electron chi connectivity index (χ3n) is 2.65. The van der Waals surface area contributed by atoms with Crippen molar-refractivity contribution in [1.29, 1.82) is 0 Å². The molecule has 0 bridgehead atoms. The molecule has 7 nitrogen and oxygen atoms in total. The second-order valence-electron chi connectivity index (χ2n) is 4.28. The Hall–Kier alpha value is -2.23. The molecule has 0 saturated carbocycles. The Bertz CT molecular complexity index is 875. The number of nitrogens with one attached hydrogen (secondary N) is 1. The van der Waals surface area contributed by atoms with Crippen LogP contribution in [0.1, 0.15) is 5.56 Å². The molecule has 9 heteroatoms. The maximum Gasteiger partial charge on any atom is 0.276 e. The maximum atomic E-state index is 11.9. The van der Waals surface area contributed by atoms with Crippen LogP contribution in [0.5, 0.6) is 0 Å². The molecule has 0 amide bonds. The van der Waals surface area contributed by atoms with Crippen molar-refractivity contribution in [2.75, 3.05) is 0 Å². The van der Waals surface area contributed by atoms with Crippen LogP contribution in [0.15, 0.2) is 69.5 Å². The van der Waals surface area contributed by atoms with E-state index in [4.69, 9.17) is 5.14 Å². The number of sulfonamides is 2. The number of primary sulfonamides is 1. The molecule has 116 valence electrons. The summed E-state index contributed by atoms with van der Waals surface area (Å²) in [6, 6.07) is 13.3. The van der Waals surface area contributed by atoms with Crippen LogP contribution in [0.3, 0.4) is 0 Å². The van der Waals surface area contributed by atoms with E-state index in [1.54, 1.807) is 18.2 Å². The van der Waals surface area contributed by atoms with Crippen LogP contribution in [0.2, 0.25) is 0 Å². The molecule has 2 aromatic rings. The Morgan fingerprint density at radius 2 is 1.45 bits per heavy atom. The fraction of sp³-hybridized carbons (Fsp3) is 0. The van der Waals surface area contributed by atoms with Gasteiger partial charge in [0.15, 0.2) is 0 Å². The lowest BCUT2D eigenvalue weighted by atomic mass is 10.2. The zero-order valence-electron chi connectivity index (χ0n) is 11.2. The minimum Gasteiger partial charge on any atom is -0.225 e. The molecule has 0 aliphatic heterocycles. The summed E-state index contributed by atoms with van der Waals surface area (Å²) in [6.07, 6.45) is 1.26. The smallest absolute Gasteiger partial charge is 0.225 e. The molecule has 0 aromatic heterocycles. The van der Waals surface area contributed by atoms with E-state index < -0.39 is 20.0 Å². The van der Waals surface area contributed by atoms with Crippen molar-refractivity contribution in [3.63, 3.8) is 0 Å². The van der Waals surface area contributed by atoms with Gasteiger partial charge in [-0.1, -0.05) is 30.3 Å². The predicted molar refractivity (Wildman–Crippen MR) is 82.2 cm³/mol. The minimum atomic E-state index is -3.76. The molecule has 0 aliphatic carbocycles. The standard InChI is InChI=1S/C13H13N3O4S2/c14-21(17,18)12-8-6-11(7-9-12)10-15-16-22(19,20)13-4-2-1-3-5-13/h1-10,16H,(H2,14,17,18). The number of hydrogen-bond acceptors (Lipinski definition) is 5. The quantitative estimate of drug-likeness (QED) is 0.614. The van der Waals surface area contributed by atoms with Gasteiger partial charge in [0, 0.05) is 0 Å². The molecule has 0 atom stereocenters. The van der Waals surface area contributed by atoms with Gasteiger partial charge in [0.05, 0.1) is 16.0 Å². The predicted octanol–water partition coefficient (Wildman–Crippen LogP) is 0.646. The number of hydrogen-bond donors (Lipinski definition) is 2. The van der Waals surface area contributed by atoms with Crippen LogP contribution in [0.4, 0.5) is 0 Å². The molecule has 22 heavy (non-hydrogen) atoms. The van der Waals surface area contributed by atoms with Crippen molar-refractivity contribution in [3.8, 4) is 0 Å². The Balaban J connectivity index is 2.10. The van der Waals surface area contributed by atoms with E-state index in [1.807, 2.05) is 0 Å². The molecule has 0 saturated heterocycles. The second-order valence-corrected chi connectivity index (χ2v) is 7.50. The fourth-order valence-corrected chi connectivity index (χ4v) is 2.89. The Kier molecular flexibility index (Phi) is 4.59. The van der Waals surface area contributed by atoms with Gasteiger partial charge in [-0.3, -0.25) is 0 Å². The third kappa shape index (κ3) is 4.13. The zero-order chi connectivity index (χ0) is 16.2. The Morgan fingerprint density at radius 3 is 2.00 bits per heavy atom. The molecule has 0 spiro atoms. The summed E-state index contributed by atoms with van der Waals surface area (Å²) in [7, 11) is -7.48. The molecule has 2 aromatic carbocycles. The highest BCUT2D eigenvalue weighted by Gasteiger charge is 2.11. The molecule has 0 unspecified atom stereocenters. The third-order valence-corrected chi connectivity index (χ3v) is 4.82. The average molecular weight is 339 g/mol. The van der Waals surface area contributed by atoms with Gasteiger partial charge in [0.1, 0.15) is 0 Å². The molecular weight excluding hydrogens is 326 g/mol. The first-order valence-electron chi connectivity index (χ1n) is 6.02. The Labute approximate surface area is 128 Å². The van der Waals surface area contributed by atoms with Gasteiger partial charge >= 0.3 is 0 Å².